The summed E-state index contributed by atoms with van der Waals surface area (Å²) < 4.78 is 0. The molecule has 0 bridgehead atoms. The fourth-order valence-corrected chi connectivity index (χ4v) is 1.34. The van der Waals surface area contributed by atoms with Gasteiger partial charge in [0.2, 0.25) is 0 Å². The fraction of sp³-hybridized carbons (Fsp3) is 0.667. The summed E-state index contributed by atoms with van der Waals surface area (Å²) in [7, 11) is 0. The molecule has 14 heavy (non-hydrogen) atoms. The van der Waals surface area contributed by atoms with Crippen molar-refractivity contribution in [1.82, 2.24) is 0 Å². The van der Waals surface area contributed by atoms with Crippen molar-refractivity contribution in [3.8, 4) is 0 Å². The van der Waals surface area contributed by atoms with E-state index in [4.69, 9.17) is 5.73 Å². The Balaban J connectivity index is 3.82. The van der Waals surface area contributed by atoms with Crippen LogP contribution < -0.4 is 5.73 Å². The number of rotatable bonds is 7. The number of unbranched alkanes of at least 4 members (excludes halogenated alkanes) is 3. The quantitative estimate of drug-likeness (QED) is 0.385. The number of allylic oxidation sites excluding steroid dienone is 3. The van der Waals surface area contributed by atoms with Crippen molar-refractivity contribution >= 4 is 5.94 Å². The largest absolute Gasteiger partial charge is 0.330 e. The summed E-state index contributed by atoms with van der Waals surface area (Å²) in [5, 5.41) is 0. The Hall–Kier alpha value is -0.850. The van der Waals surface area contributed by atoms with Gasteiger partial charge in [0, 0.05) is 5.57 Å². The van der Waals surface area contributed by atoms with Crippen LogP contribution in [0.3, 0.4) is 0 Å². The number of carbonyl (C=O) groups excluding carboxylic acids is 1. The molecule has 2 nitrogen and oxygen atoms in total. The third kappa shape index (κ3) is 5.74. The van der Waals surface area contributed by atoms with Crippen molar-refractivity contribution in [1.29, 1.82) is 0 Å². The molecule has 0 aliphatic heterocycles. The van der Waals surface area contributed by atoms with Crippen LogP contribution in [0.4, 0.5) is 0 Å². The maximum absolute atomic E-state index is 10.5. The zero-order chi connectivity index (χ0) is 10.8. The number of nitrogens with two attached hydrogens (primary N) is 1. The highest BCUT2D eigenvalue weighted by Gasteiger charge is 1.96. The second kappa shape index (κ2) is 8.74. The molecule has 0 amide bonds. The smallest absolute Gasteiger partial charge is 0.128 e. The van der Waals surface area contributed by atoms with Gasteiger partial charge in [-0.05, 0) is 44.7 Å². The van der Waals surface area contributed by atoms with Crippen molar-refractivity contribution in [3.05, 3.63) is 17.2 Å². The van der Waals surface area contributed by atoms with Crippen LogP contribution in [0.15, 0.2) is 17.2 Å². The van der Waals surface area contributed by atoms with Crippen LogP contribution in [-0.2, 0) is 4.79 Å². The Morgan fingerprint density at radius 1 is 1.36 bits per heavy atom. The van der Waals surface area contributed by atoms with E-state index in [0.29, 0.717) is 0 Å². The standard InChI is InChI=1S/C12H21NO/c1-3-12(10-14)11(2)8-6-4-5-7-9-13/h8H,3-7,9,13H2,1-2H3/b11-8+. The molecule has 0 heterocycles. The van der Waals surface area contributed by atoms with Gasteiger partial charge in [-0.1, -0.05) is 19.4 Å². The zero-order valence-corrected chi connectivity index (χ0v) is 9.31. The fourth-order valence-electron chi connectivity index (χ4n) is 1.34. The van der Waals surface area contributed by atoms with E-state index < -0.39 is 0 Å². The summed E-state index contributed by atoms with van der Waals surface area (Å²) >= 11 is 0. The maximum atomic E-state index is 10.5. The molecule has 0 aliphatic carbocycles. The minimum absolute atomic E-state index is 0.772. The molecule has 0 aromatic rings. The number of hydrogen-bond acceptors (Lipinski definition) is 2. The van der Waals surface area contributed by atoms with Gasteiger partial charge in [-0.25, -0.2) is 4.79 Å². The second-order valence-electron chi connectivity index (χ2n) is 3.46. The van der Waals surface area contributed by atoms with Crippen LogP contribution in [0.5, 0.6) is 0 Å². The second-order valence-corrected chi connectivity index (χ2v) is 3.46. The molecule has 80 valence electrons. The van der Waals surface area contributed by atoms with Crippen LogP contribution in [-0.4, -0.2) is 12.5 Å². The molecule has 0 atom stereocenters. The monoisotopic (exact) mass is 195 g/mol. The lowest BCUT2D eigenvalue weighted by atomic mass is 10.0. The highest BCUT2D eigenvalue weighted by molar-refractivity contribution is 5.59. The summed E-state index contributed by atoms with van der Waals surface area (Å²) in [5.74, 6) is 1.98. The Morgan fingerprint density at radius 2 is 2.07 bits per heavy atom. The van der Waals surface area contributed by atoms with E-state index in [1.165, 1.54) is 6.42 Å². The van der Waals surface area contributed by atoms with E-state index in [1.807, 2.05) is 19.8 Å². The van der Waals surface area contributed by atoms with Crippen molar-refractivity contribution in [2.75, 3.05) is 6.54 Å². The Morgan fingerprint density at radius 3 is 2.57 bits per heavy atom. The van der Waals surface area contributed by atoms with Crippen molar-refractivity contribution in [2.24, 2.45) is 5.73 Å². The van der Waals surface area contributed by atoms with Crippen molar-refractivity contribution < 1.29 is 4.79 Å². The summed E-state index contributed by atoms with van der Waals surface area (Å²) in [6.45, 7) is 4.73. The van der Waals surface area contributed by atoms with E-state index in [9.17, 15) is 4.79 Å². The van der Waals surface area contributed by atoms with Gasteiger partial charge in [0.05, 0.1) is 0 Å². The average molecular weight is 195 g/mol. The van der Waals surface area contributed by atoms with Gasteiger partial charge in [-0.2, -0.15) is 0 Å². The molecule has 0 aromatic carbocycles. The maximum Gasteiger partial charge on any atom is 0.128 e. The highest BCUT2D eigenvalue weighted by Crippen LogP contribution is 2.11. The van der Waals surface area contributed by atoms with Gasteiger partial charge >= 0.3 is 0 Å². The predicted octanol–water partition coefficient (Wildman–Crippen LogP) is 2.62. The molecule has 0 spiro atoms. The molecule has 0 saturated heterocycles. The molecule has 2 heteroatoms. The predicted molar refractivity (Wildman–Crippen MR) is 60.8 cm³/mol. The normalized spacial score (nSPS) is 11.2. The van der Waals surface area contributed by atoms with Gasteiger partial charge in [0.25, 0.3) is 0 Å². The van der Waals surface area contributed by atoms with Gasteiger partial charge in [0.15, 0.2) is 0 Å². The SMILES string of the molecule is CCC(=C=O)/C(C)=C/CCCCCN. The first-order valence-electron chi connectivity index (χ1n) is 5.37. The van der Waals surface area contributed by atoms with Gasteiger partial charge in [-0.15, -0.1) is 0 Å². The lowest BCUT2D eigenvalue weighted by Gasteiger charge is -2.00. The minimum atomic E-state index is 0.772. The zero-order valence-electron chi connectivity index (χ0n) is 9.31. The molecular weight excluding hydrogens is 174 g/mol. The molecule has 0 unspecified atom stereocenters. The van der Waals surface area contributed by atoms with Crippen LogP contribution in [0.2, 0.25) is 0 Å². The van der Waals surface area contributed by atoms with Crippen molar-refractivity contribution in [3.63, 3.8) is 0 Å². The molecule has 2 N–H and O–H groups in total. The van der Waals surface area contributed by atoms with E-state index in [-0.39, 0.29) is 0 Å². The molecule has 0 saturated carbocycles. The molecule has 0 aromatic heterocycles. The van der Waals surface area contributed by atoms with E-state index >= 15 is 0 Å². The van der Waals surface area contributed by atoms with Crippen LogP contribution in [0.25, 0.3) is 0 Å². The summed E-state index contributed by atoms with van der Waals surface area (Å²) in [6.07, 6.45) is 7.36. The molecule has 0 radical (unpaired) electrons. The average Bonchev–Trinajstić information content (AvgIpc) is 2.19. The molecule has 0 fully saturated rings. The van der Waals surface area contributed by atoms with Crippen LogP contribution >= 0.6 is 0 Å². The minimum Gasteiger partial charge on any atom is -0.330 e. The van der Waals surface area contributed by atoms with E-state index in [0.717, 1.165) is 43.4 Å². The van der Waals surface area contributed by atoms with Gasteiger partial charge in [-0.3, -0.25) is 0 Å². The molecule has 0 aliphatic rings. The number of hydrogen-bond donors (Lipinski definition) is 1. The molecule has 0 rings (SSSR count). The summed E-state index contributed by atoms with van der Waals surface area (Å²) in [4.78, 5) is 10.5. The van der Waals surface area contributed by atoms with Crippen molar-refractivity contribution in [2.45, 2.75) is 46.0 Å². The van der Waals surface area contributed by atoms with Crippen LogP contribution in [0, 0.1) is 0 Å². The lowest BCUT2D eigenvalue weighted by molar-refractivity contribution is 0.566. The van der Waals surface area contributed by atoms with Gasteiger partial charge in [0.1, 0.15) is 5.94 Å². The Bertz CT molecular complexity index is 224. The topological polar surface area (TPSA) is 43.1 Å². The van der Waals surface area contributed by atoms with Crippen LogP contribution in [0.1, 0.15) is 46.0 Å². The third-order valence-corrected chi connectivity index (χ3v) is 2.31. The summed E-state index contributed by atoms with van der Waals surface area (Å²) in [6, 6.07) is 0. The first-order chi connectivity index (χ1) is 6.76. The first kappa shape index (κ1) is 13.2. The third-order valence-electron chi connectivity index (χ3n) is 2.31. The summed E-state index contributed by atoms with van der Waals surface area (Å²) in [5.41, 5.74) is 7.27. The van der Waals surface area contributed by atoms with E-state index in [2.05, 4.69) is 6.08 Å². The molecular formula is C12H21NO. The Kier molecular flexibility index (Phi) is 8.20. The highest BCUT2D eigenvalue weighted by atomic mass is 16.1. The van der Waals surface area contributed by atoms with Gasteiger partial charge < -0.3 is 5.73 Å². The lowest BCUT2D eigenvalue weighted by Crippen LogP contribution is -1.97. The first-order valence-corrected chi connectivity index (χ1v) is 5.37. The Labute approximate surface area is 86.9 Å². The van der Waals surface area contributed by atoms with E-state index in [1.54, 1.807) is 0 Å².